The Bertz CT molecular complexity index is 1240. The number of hydrogen-bond acceptors (Lipinski definition) is 6. The third kappa shape index (κ3) is 5.26. The van der Waals surface area contributed by atoms with Crippen LogP contribution in [-0.2, 0) is 0 Å². The van der Waals surface area contributed by atoms with Crippen molar-refractivity contribution in [2.75, 3.05) is 31.5 Å². The lowest BCUT2D eigenvalue weighted by Gasteiger charge is -2.46. The highest BCUT2D eigenvalue weighted by Crippen LogP contribution is 2.34. The van der Waals surface area contributed by atoms with Crippen LogP contribution in [0.5, 0.6) is 0 Å². The molecule has 1 fully saturated rings. The number of fused-ring (bicyclic) bond motifs is 1. The van der Waals surface area contributed by atoms with E-state index in [1.165, 1.54) is 23.2 Å². The molecule has 3 aromatic rings. The number of likely N-dealkylation sites (tertiary alicyclic amines) is 1. The van der Waals surface area contributed by atoms with Gasteiger partial charge in [-0.1, -0.05) is 25.8 Å². The first-order chi connectivity index (χ1) is 16.7. The lowest BCUT2D eigenvalue weighted by Crippen LogP contribution is -2.67. The first-order valence-corrected chi connectivity index (χ1v) is 11.9. The molecule has 0 spiro atoms. The third-order valence-corrected chi connectivity index (χ3v) is 6.36. The number of anilines is 2. The average Bonchev–Trinajstić information content (AvgIpc) is 2.80. The van der Waals surface area contributed by atoms with Gasteiger partial charge in [0.2, 0.25) is 0 Å². The Morgan fingerprint density at radius 2 is 1.97 bits per heavy atom. The van der Waals surface area contributed by atoms with E-state index in [9.17, 15) is 14.3 Å². The number of β-amino-alcohol motifs (C(OH)–C–C–N with tert-alkyl or cyclic N) is 1. The zero-order valence-corrected chi connectivity index (χ0v) is 20.3. The largest absolute Gasteiger partial charge is 0.385 e. The molecule has 2 aromatic carbocycles. The maximum absolute atomic E-state index is 15.7. The summed E-state index contributed by atoms with van der Waals surface area (Å²) in [4.78, 5) is 14.9. The summed E-state index contributed by atoms with van der Waals surface area (Å²) >= 11 is 0. The van der Waals surface area contributed by atoms with E-state index >= 15 is 4.39 Å². The molecule has 0 radical (unpaired) electrons. The van der Waals surface area contributed by atoms with Gasteiger partial charge in [-0.3, -0.25) is 4.79 Å². The number of carbonyl (C=O) groups is 1. The van der Waals surface area contributed by atoms with E-state index in [1.54, 1.807) is 26.0 Å². The Morgan fingerprint density at radius 3 is 2.69 bits per heavy atom. The molecule has 1 aliphatic rings. The smallest absolute Gasteiger partial charge is 0.256 e. The van der Waals surface area contributed by atoms with Crippen molar-refractivity contribution < 1.29 is 18.7 Å². The van der Waals surface area contributed by atoms with Crippen molar-refractivity contribution in [3.8, 4) is 0 Å². The first kappa shape index (κ1) is 24.9. The summed E-state index contributed by atoms with van der Waals surface area (Å²) in [5, 5.41) is 24.9. The van der Waals surface area contributed by atoms with Gasteiger partial charge in [0.25, 0.3) is 5.91 Å². The van der Waals surface area contributed by atoms with Gasteiger partial charge in [0.05, 0.1) is 36.2 Å². The van der Waals surface area contributed by atoms with E-state index in [4.69, 9.17) is 0 Å². The number of halogens is 2. The fraction of sp³-hybridized carbons (Fsp3) is 0.423. The van der Waals surface area contributed by atoms with Crippen molar-refractivity contribution in [2.45, 2.75) is 45.6 Å². The van der Waals surface area contributed by atoms with Gasteiger partial charge in [0.1, 0.15) is 16.9 Å². The van der Waals surface area contributed by atoms with Gasteiger partial charge in [0.15, 0.2) is 5.82 Å². The maximum Gasteiger partial charge on any atom is 0.256 e. The van der Waals surface area contributed by atoms with E-state index < -0.39 is 23.1 Å². The van der Waals surface area contributed by atoms with Crippen LogP contribution in [0, 0.1) is 25.5 Å². The van der Waals surface area contributed by atoms with E-state index in [0.717, 1.165) is 25.8 Å². The monoisotopic (exact) mass is 483 g/mol. The van der Waals surface area contributed by atoms with Crippen LogP contribution in [0.25, 0.3) is 10.9 Å². The molecule has 0 atom stereocenters. The zero-order valence-electron chi connectivity index (χ0n) is 20.3. The van der Waals surface area contributed by atoms with Crippen molar-refractivity contribution in [1.82, 2.24) is 20.4 Å². The van der Waals surface area contributed by atoms with E-state index in [2.05, 4.69) is 27.8 Å². The molecule has 1 saturated heterocycles. The molecule has 0 saturated carbocycles. The van der Waals surface area contributed by atoms with Crippen LogP contribution < -0.4 is 10.6 Å². The predicted octanol–water partition coefficient (Wildman–Crippen LogP) is 4.24. The highest BCUT2D eigenvalue weighted by molar-refractivity contribution is 6.05. The summed E-state index contributed by atoms with van der Waals surface area (Å²) in [6.07, 6.45) is 4.75. The van der Waals surface area contributed by atoms with E-state index in [0.29, 0.717) is 23.1 Å². The molecule has 3 N–H and O–H groups in total. The van der Waals surface area contributed by atoms with Gasteiger partial charge >= 0.3 is 0 Å². The van der Waals surface area contributed by atoms with Gasteiger partial charge < -0.3 is 20.6 Å². The Morgan fingerprint density at radius 1 is 1.20 bits per heavy atom. The molecule has 0 aliphatic carbocycles. The van der Waals surface area contributed by atoms with Crippen LogP contribution in [0.1, 0.15) is 47.7 Å². The van der Waals surface area contributed by atoms with Crippen LogP contribution in [0.4, 0.5) is 20.2 Å². The number of benzene rings is 2. The molecule has 186 valence electrons. The Balaban J connectivity index is 1.61. The predicted molar refractivity (Wildman–Crippen MR) is 132 cm³/mol. The van der Waals surface area contributed by atoms with Crippen molar-refractivity contribution >= 4 is 28.2 Å². The van der Waals surface area contributed by atoms with Crippen molar-refractivity contribution in [2.24, 2.45) is 0 Å². The lowest BCUT2D eigenvalue weighted by atomic mass is 9.92. The van der Waals surface area contributed by atoms with Crippen molar-refractivity contribution in [3.05, 3.63) is 58.8 Å². The Kier molecular flexibility index (Phi) is 7.28. The Labute approximate surface area is 203 Å². The Hall–Kier alpha value is -3.17. The number of nitrogens with one attached hydrogen (secondary N) is 2. The highest BCUT2D eigenvalue weighted by Gasteiger charge is 2.44. The number of amides is 1. The quantitative estimate of drug-likeness (QED) is 0.395. The summed E-state index contributed by atoms with van der Waals surface area (Å²) < 4.78 is 30.2. The summed E-state index contributed by atoms with van der Waals surface area (Å²) in [6.45, 7) is 7.06. The molecule has 1 aliphatic heterocycles. The second-order valence-electron chi connectivity index (χ2n) is 9.41. The van der Waals surface area contributed by atoms with Gasteiger partial charge in [-0.05, 0) is 56.1 Å². The molecular formula is C26H31F2N5O2. The van der Waals surface area contributed by atoms with Gasteiger partial charge in [0, 0.05) is 11.9 Å². The van der Waals surface area contributed by atoms with Crippen LogP contribution in [0.2, 0.25) is 0 Å². The number of unbranched alkanes of at least 4 members (excludes halogenated alkanes) is 2. The van der Waals surface area contributed by atoms with Crippen molar-refractivity contribution in [3.63, 3.8) is 0 Å². The minimum Gasteiger partial charge on any atom is -0.385 e. The molecule has 0 unspecified atom stereocenters. The van der Waals surface area contributed by atoms with Gasteiger partial charge in [-0.15, -0.1) is 5.10 Å². The van der Waals surface area contributed by atoms with Crippen LogP contribution in [-0.4, -0.2) is 57.9 Å². The summed E-state index contributed by atoms with van der Waals surface area (Å²) in [7, 11) is 0. The summed E-state index contributed by atoms with van der Waals surface area (Å²) in [5.41, 5.74) is 0.255. The number of aryl methyl sites for hydroxylation is 2. The van der Waals surface area contributed by atoms with Gasteiger partial charge in [-0.25, -0.2) is 8.78 Å². The summed E-state index contributed by atoms with van der Waals surface area (Å²) in [5.74, 6) is -1.80. The summed E-state index contributed by atoms with van der Waals surface area (Å²) in [6, 6.07) is 6.07. The molecule has 35 heavy (non-hydrogen) atoms. The van der Waals surface area contributed by atoms with E-state index in [-0.39, 0.29) is 35.5 Å². The third-order valence-electron chi connectivity index (χ3n) is 6.36. The lowest BCUT2D eigenvalue weighted by molar-refractivity contribution is -0.0784. The molecular weight excluding hydrogens is 452 g/mol. The first-order valence-electron chi connectivity index (χ1n) is 11.9. The molecule has 4 rings (SSSR count). The fourth-order valence-corrected chi connectivity index (χ4v) is 4.34. The zero-order chi connectivity index (χ0) is 25.2. The molecule has 0 bridgehead atoms. The van der Waals surface area contributed by atoms with Crippen LogP contribution in [0.3, 0.4) is 0 Å². The molecule has 2 heterocycles. The van der Waals surface area contributed by atoms with Crippen LogP contribution >= 0.6 is 0 Å². The molecule has 9 heteroatoms. The fourth-order valence-electron chi connectivity index (χ4n) is 4.34. The number of hydrogen-bond donors (Lipinski definition) is 3. The van der Waals surface area contributed by atoms with E-state index in [1.807, 2.05) is 0 Å². The number of aromatic nitrogens is 2. The molecule has 7 nitrogen and oxygen atoms in total. The number of nitrogens with zero attached hydrogens (tertiary/aromatic N) is 3. The highest BCUT2D eigenvalue weighted by atomic mass is 19.1. The normalized spacial score (nSPS) is 14.7. The topological polar surface area (TPSA) is 90.4 Å². The number of aliphatic hydroxyl groups is 1. The van der Waals surface area contributed by atoms with Crippen molar-refractivity contribution in [1.29, 1.82) is 0 Å². The standard InChI is InChI=1S/C26H31F2N5O2/c1-4-5-6-9-29-13-26(35)14-33(15-26)25(34)19-11-18-17(3)12-30-32-24(18)22(28)23(19)31-21-8-7-16(2)10-20(21)27/h7-8,10-12,29,31,35H,4-6,9,13-15H2,1-3H3. The second kappa shape index (κ2) is 10.2. The SMILES string of the molecule is CCCCCNCC1(O)CN(C(=O)c2cc3c(C)cnnc3c(F)c2Nc2ccc(C)cc2F)C1. The van der Waals surface area contributed by atoms with Crippen LogP contribution in [0.15, 0.2) is 30.5 Å². The number of carbonyl (C=O) groups excluding carboxylic acids is 1. The minimum absolute atomic E-state index is 0.00652. The molecule has 1 amide bonds. The minimum atomic E-state index is -1.03. The van der Waals surface area contributed by atoms with Gasteiger partial charge in [-0.2, -0.15) is 5.10 Å². The molecule has 1 aromatic heterocycles. The number of rotatable bonds is 9. The average molecular weight is 484 g/mol. The maximum atomic E-state index is 15.7. The second-order valence-corrected chi connectivity index (χ2v) is 9.41.